The first-order chi connectivity index (χ1) is 12.3. The second kappa shape index (κ2) is 8.18. The van der Waals surface area contributed by atoms with Crippen LogP contribution in [-0.4, -0.2) is 46.3 Å². The number of nitrogens with zero attached hydrogens (tertiary/aromatic N) is 1. The molecule has 4 atom stereocenters. The molecule has 0 aromatic carbocycles. The van der Waals surface area contributed by atoms with Gasteiger partial charge in [0.25, 0.3) is 5.56 Å². The lowest BCUT2D eigenvalue weighted by molar-refractivity contribution is -0.112. The zero-order valence-electron chi connectivity index (χ0n) is 15.3. The van der Waals surface area contributed by atoms with Gasteiger partial charge in [0.2, 0.25) is 0 Å². The Kier molecular flexibility index (Phi) is 5.28. The van der Waals surface area contributed by atoms with Crippen molar-refractivity contribution in [2.45, 2.75) is 44.6 Å². The average Bonchev–Trinajstić information content (AvgIpc) is 2.91. The molecule has 8 nitrogen and oxygen atoms in total. The highest BCUT2D eigenvalue weighted by atomic mass is 16.6. The monoisotopic (exact) mass is 341 g/mol. The highest BCUT2D eigenvalue weighted by Gasteiger charge is 2.35. The van der Waals surface area contributed by atoms with Gasteiger partial charge in [0, 0.05) is 25.2 Å². The van der Waals surface area contributed by atoms with Crippen molar-refractivity contribution in [3.8, 4) is 0 Å². The molecule has 2 N–H and O–H groups in total. The largest absolute Gasteiger partial charge is 0.390 e. The van der Waals surface area contributed by atoms with Crippen molar-refractivity contribution < 1.29 is 22.1 Å². The number of aliphatic hydroxyl groups is 1. The van der Waals surface area contributed by atoms with E-state index in [0.717, 1.165) is 0 Å². The Morgan fingerprint density at radius 1 is 1.71 bits per heavy atom. The quantitative estimate of drug-likeness (QED) is 0.671. The summed E-state index contributed by atoms with van der Waals surface area (Å²) in [4.78, 5) is 37.1. The summed E-state index contributed by atoms with van der Waals surface area (Å²) in [6, 6.07) is 0. The fraction of sp³-hybridized carbons (Fsp3) is 0.562. The molecule has 132 valence electrons. The molecular weight excluding hydrogens is 316 g/mol. The maximum atomic E-state index is 12.1. The Hall–Kier alpha value is -2.03. The number of aryl methyl sites for hydroxylation is 1. The lowest BCUT2D eigenvalue weighted by atomic mass is 10.1. The SMILES string of the molecule is [2H]C([3H])OCC1OC(n2cc(CC/C=C/C(C)=O)c(=O)[nH]c2=O)CC1O. The van der Waals surface area contributed by atoms with Gasteiger partial charge in [-0.25, -0.2) is 4.79 Å². The number of rotatable bonds is 7. The number of aromatic nitrogens is 2. The number of allylic oxidation sites excluding steroid dienone is 2. The van der Waals surface area contributed by atoms with Crippen LogP contribution >= 0.6 is 0 Å². The van der Waals surface area contributed by atoms with Crippen molar-refractivity contribution in [1.82, 2.24) is 9.55 Å². The van der Waals surface area contributed by atoms with Crippen LogP contribution in [0, 0.1) is 0 Å². The van der Waals surface area contributed by atoms with Gasteiger partial charge in [-0.3, -0.25) is 19.1 Å². The van der Waals surface area contributed by atoms with Crippen molar-refractivity contribution >= 4 is 5.78 Å². The normalized spacial score (nSPS) is 26.3. The molecule has 8 heteroatoms. The van der Waals surface area contributed by atoms with Gasteiger partial charge in [-0.2, -0.15) is 0 Å². The molecule has 24 heavy (non-hydrogen) atoms. The molecule has 4 unspecified atom stereocenters. The molecule has 0 saturated carbocycles. The highest BCUT2D eigenvalue weighted by molar-refractivity contribution is 5.87. The Balaban J connectivity index is 2.11. The Labute approximate surface area is 141 Å². The third-order valence-corrected chi connectivity index (χ3v) is 3.75. The van der Waals surface area contributed by atoms with Crippen molar-refractivity contribution in [2.75, 3.05) is 13.7 Å². The minimum atomic E-state index is -1.49. The second-order valence-corrected chi connectivity index (χ2v) is 5.64. The van der Waals surface area contributed by atoms with Gasteiger partial charge in [0.1, 0.15) is 12.3 Å². The van der Waals surface area contributed by atoms with E-state index in [1.807, 2.05) is 0 Å². The van der Waals surface area contributed by atoms with Crippen molar-refractivity contribution in [3.05, 3.63) is 44.8 Å². The summed E-state index contributed by atoms with van der Waals surface area (Å²) < 4.78 is 25.6. The number of ether oxygens (including phenoxy) is 2. The molecule has 1 aliphatic heterocycles. The van der Waals surface area contributed by atoms with E-state index in [-0.39, 0.29) is 18.8 Å². The lowest BCUT2D eigenvalue weighted by Crippen LogP contribution is -2.34. The van der Waals surface area contributed by atoms with Crippen LogP contribution in [-0.2, 0) is 20.7 Å². The number of methoxy groups -OCH3 is 1. The molecule has 1 aliphatic rings. The average molecular weight is 341 g/mol. The van der Waals surface area contributed by atoms with Crippen LogP contribution in [0.2, 0.25) is 0 Å². The molecule has 1 aromatic rings. The second-order valence-electron chi connectivity index (χ2n) is 5.64. The number of nitrogens with one attached hydrogen (secondary N) is 1. The van der Waals surface area contributed by atoms with E-state index in [2.05, 4.69) is 4.98 Å². The van der Waals surface area contributed by atoms with Gasteiger partial charge in [0.05, 0.1) is 15.5 Å². The maximum Gasteiger partial charge on any atom is 0.330 e. The number of hydrogen-bond acceptors (Lipinski definition) is 6. The van der Waals surface area contributed by atoms with Gasteiger partial charge >= 0.3 is 5.69 Å². The summed E-state index contributed by atoms with van der Waals surface area (Å²) in [6.45, 7) is 1.28. The summed E-state index contributed by atoms with van der Waals surface area (Å²) >= 11 is 0. The fourth-order valence-corrected chi connectivity index (χ4v) is 2.54. The maximum absolute atomic E-state index is 12.1. The number of hydrogen-bond donors (Lipinski definition) is 2. The van der Waals surface area contributed by atoms with Crippen LogP contribution in [0.25, 0.3) is 0 Å². The number of carbonyl (C=O) groups excluding carboxylic acids is 1. The summed E-state index contributed by atoms with van der Waals surface area (Å²) in [6.07, 6.45) is 2.89. The van der Waals surface area contributed by atoms with Crippen LogP contribution in [0.1, 0.15) is 34.3 Å². The fourth-order valence-electron chi connectivity index (χ4n) is 2.54. The molecular formula is C16H22N2O6. The molecule has 1 saturated heterocycles. The minimum Gasteiger partial charge on any atom is -0.390 e. The molecule has 0 aliphatic carbocycles. The molecule has 0 bridgehead atoms. The van der Waals surface area contributed by atoms with E-state index in [0.29, 0.717) is 18.4 Å². The van der Waals surface area contributed by atoms with Gasteiger partial charge in [-0.15, -0.1) is 0 Å². The number of aromatic amines is 1. The van der Waals surface area contributed by atoms with Gasteiger partial charge in [-0.05, 0) is 25.8 Å². The van der Waals surface area contributed by atoms with Crippen LogP contribution in [0.3, 0.4) is 0 Å². The first-order valence-electron chi connectivity index (χ1n) is 8.74. The molecule has 0 radical (unpaired) electrons. The van der Waals surface area contributed by atoms with Crippen LogP contribution in [0.5, 0.6) is 0 Å². The van der Waals surface area contributed by atoms with Crippen LogP contribution in [0.4, 0.5) is 0 Å². The predicted molar refractivity (Wildman–Crippen MR) is 85.9 cm³/mol. The smallest absolute Gasteiger partial charge is 0.330 e. The van der Waals surface area contributed by atoms with E-state index in [1.165, 1.54) is 23.8 Å². The lowest BCUT2D eigenvalue weighted by Gasteiger charge is -2.16. The van der Waals surface area contributed by atoms with E-state index in [1.54, 1.807) is 6.08 Å². The Bertz CT molecular complexity index is 773. The third-order valence-electron chi connectivity index (χ3n) is 3.75. The summed E-state index contributed by atoms with van der Waals surface area (Å²) in [5.41, 5.74) is -0.809. The molecule has 1 aromatic heterocycles. The van der Waals surface area contributed by atoms with Crippen molar-refractivity contribution in [3.63, 3.8) is 0 Å². The standard InChI is InChI=1S/C16H22N2O6/c1-10(19)5-3-4-6-11-8-18(16(22)17-15(11)21)14-7-12(20)13(24-14)9-23-2/h3,5,8,12-14,20H,4,6-7,9H2,1-2H3,(H,17,21,22)/b5-3+/i2TD. The summed E-state index contributed by atoms with van der Waals surface area (Å²) in [7, 11) is -1.49. The molecule has 0 spiro atoms. The van der Waals surface area contributed by atoms with E-state index < -0.39 is 36.7 Å². The first-order valence-corrected chi connectivity index (χ1v) is 7.59. The third kappa shape index (κ3) is 4.50. The van der Waals surface area contributed by atoms with E-state index in [9.17, 15) is 19.5 Å². The molecule has 2 heterocycles. The van der Waals surface area contributed by atoms with Crippen LogP contribution < -0.4 is 11.2 Å². The Morgan fingerprint density at radius 3 is 3.21 bits per heavy atom. The minimum absolute atomic E-state index is 0.0897. The Morgan fingerprint density at radius 2 is 2.50 bits per heavy atom. The summed E-state index contributed by atoms with van der Waals surface area (Å²) in [5.74, 6) is -0.0897. The molecule has 1 fully saturated rings. The molecule has 0 amide bonds. The number of aliphatic hydroxyl groups excluding tert-OH is 1. The highest BCUT2D eigenvalue weighted by Crippen LogP contribution is 2.27. The predicted octanol–water partition coefficient (Wildman–Crippen LogP) is -0.0908. The molecule has 2 rings (SSSR count). The van der Waals surface area contributed by atoms with Crippen LogP contribution in [0.15, 0.2) is 27.9 Å². The van der Waals surface area contributed by atoms with E-state index >= 15 is 0 Å². The first kappa shape index (κ1) is 15.5. The zero-order chi connectivity index (χ0) is 19.3. The summed E-state index contributed by atoms with van der Waals surface area (Å²) in [5, 5.41) is 10.0. The topological polar surface area (TPSA) is 111 Å². The van der Waals surface area contributed by atoms with Gasteiger partial charge in [0.15, 0.2) is 5.78 Å². The number of H-pyrrole nitrogens is 1. The van der Waals surface area contributed by atoms with Gasteiger partial charge in [-0.1, -0.05) is 6.08 Å². The van der Waals surface area contributed by atoms with Crippen molar-refractivity contribution in [2.24, 2.45) is 0 Å². The zero-order valence-corrected chi connectivity index (χ0v) is 13.3. The number of ketones is 1. The van der Waals surface area contributed by atoms with Gasteiger partial charge < -0.3 is 14.6 Å². The number of carbonyl (C=O) groups is 1. The van der Waals surface area contributed by atoms with Crippen molar-refractivity contribution in [1.29, 1.82) is 0 Å². The van der Waals surface area contributed by atoms with E-state index in [4.69, 9.17) is 12.2 Å².